The first-order chi connectivity index (χ1) is 19.8. The zero-order valence-corrected chi connectivity index (χ0v) is 25.6. The molecule has 0 fully saturated rings. The van der Waals surface area contributed by atoms with Crippen molar-refractivity contribution in [2.75, 3.05) is 20.2 Å². The Kier molecular flexibility index (Phi) is 10.8. The Bertz CT molecular complexity index is 1430. The summed E-state index contributed by atoms with van der Waals surface area (Å²) in [6, 6.07) is 29.4. The lowest BCUT2D eigenvalue weighted by Gasteiger charge is -2.29. The van der Waals surface area contributed by atoms with E-state index in [9.17, 15) is 9.59 Å². The molecule has 3 aromatic carbocycles. The summed E-state index contributed by atoms with van der Waals surface area (Å²) in [6.07, 6.45) is 2.85. The van der Waals surface area contributed by atoms with E-state index in [4.69, 9.17) is 4.74 Å². The molecule has 7 heteroatoms. The molecule has 0 saturated carbocycles. The van der Waals surface area contributed by atoms with E-state index in [2.05, 4.69) is 46.5 Å². The van der Waals surface area contributed by atoms with E-state index in [1.54, 1.807) is 18.1 Å². The molecule has 6 nitrogen and oxygen atoms in total. The molecule has 0 N–H and O–H groups in total. The van der Waals surface area contributed by atoms with Gasteiger partial charge in [0.05, 0.1) is 13.7 Å². The normalized spacial score (nSPS) is 11.0. The molecule has 0 aliphatic carbocycles. The van der Waals surface area contributed by atoms with Crippen molar-refractivity contribution in [3.8, 4) is 5.75 Å². The van der Waals surface area contributed by atoms with Gasteiger partial charge in [-0.15, -0.1) is 0 Å². The first kappa shape index (κ1) is 30.1. The standard InChI is InChI=1S/C34H38BrN3O3/c1-26(2)17-19-37(34(40)29-13-8-14-30(35)21-29)25-33(39)38(22-27-10-5-4-6-11-27)24-31-15-9-18-36(31)23-28-12-7-16-32(20-28)41-3/h4-16,18,20-21,26H,17,19,22-25H2,1-3H3. The molecule has 0 atom stereocenters. The highest BCUT2D eigenvalue weighted by Gasteiger charge is 2.24. The minimum absolute atomic E-state index is 0.0154. The third-order valence-electron chi connectivity index (χ3n) is 6.99. The number of amides is 2. The van der Waals surface area contributed by atoms with Crippen molar-refractivity contribution < 1.29 is 14.3 Å². The molecular formula is C34H38BrN3O3. The second kappa shape index (κ2) is 14.7. The summed E-state index contributed by atoms with van der Waals surface area (Å²) in [5.74, 6) is 0.994. The van der Waals surface area contributed by atoms with E-state index < -0.39 is 0 Å². The van der Waals surface area contributed by atoms with Gasteiger partial charge in [0, 0.05) is 41.6 Å². The molecule has 4 aromatic rings. The fraction of sp³-hybridized carbons (Fsp3) is 0.294. The summed E-state index contributed by atoms with van der Waals surface area (Å²) < 4.78 is 8.39. The van der Waals surface area contributed by atoms with Gasteiger partial charge in [0.1, 0.15) is 12.3 Å². The fourth-order valence-corrected chi connectivity index (χ4v) is 5.08. The number of hydrogen-bond acceptors (Lipinski definition) is 3. The Hall–Kier alpha value is -3.84. The Morgan fingerprint density at radius 3 is 2.34 bits per heavy atom. The molecule has 0 radical (unpaired) electrons. The van der Waals surface area contributed by atoms with E-state index in [0.29, 0.717) is 37.7 Å². The van der Waals surface area contributed by atoms with E-state index in [0.717, 1.165) is 33.5 Å². The average molecular weight is 617 g/mol. The van der Waals surface area contributed by atoms with Crippen LogP contribution in [0.15, 0.2) is 102 Å². The van der Waals surface area contributed by atoms with Crippen LogP contribution in [0.1, 0.15) is 47.4 Å². The van der Waals surface area contributed by atoms with E-state index in [1.807, 2.05) is 83.9 Å². The van der Waals surface area contributed by atoms with Gasteiger partial charge in [0.15, 0.2) is 0 Å². The molecule has 2 amide bonds. The summed E-state index contributed by atoms with van der Waals surface area (Å²) in [4.78, 5) is 31.1. The van der Waals surface area contributed by atoms with Gasteiger partial charge in [0.2, 0.25) is 5.91 Å². The van der Waals surface area contributed by atoms with E-state index in [-0.39, 0.29) is 18.4 Å². The molecule has 0 unspecified atom stereocenters. The van der Waals surface area contributed by atoms with Crippen LogP contribution in [0.4, 0.5) is 0 Å². The van der Waals surface area contributed by atoms with Gasteiger partial charge in [-0.25, -0.2) is 0 Å². The van der Waals surface area contributed by atoms with Crippen LogP contribution in [0.25, 0.3) is 0 Å². The number of aromatic nitrogens is 1. The molecule has 41 heavy (non-hydrogen) atoms. The lowest BCUT2D eigenvalue weighted by Crippen LogP contribution is -2.43. The number of rotatable bonds is 13. The quantitative estimate of drug-likeness (QED) is 0.162. The second-order valence-corrected chi connectivity index (χ2v) is 11.5. The number of ether oxygens (including phenoxy) is 1. The monoisotopic (exact) mass is 615 g/mol. The highest BCUT2D eigenvalue weighted by Crippen LogP contribution is 2.19. The molecule has 0 aliphatic heterocycles. The average Bonchev–Trinajstić information content (AvgIpc) is 3.41. The highest BCUT2D eigenvalue weighted by atomic mass is 79.9. The van der Waals surface area contributed by atoms with E-state index in [1.165, 1.54) is 0 Å². The molecule has 1 aromatic heterocycles. The number of methoxy groups -OCH3 is 1. The zero-order chi connectivity index (χ0) is 29.2. The maximum atomic E-state index is 14.0. The lowest BCUT2D eigenvalue weighted by atomic mass is 10.1. The first-order valence-electron chi connectivity index (χ1n) is 14.0. The van der Waals surface area contributed by atoms with Gasteiger partial charge >= 0.3 is 0 Å². The highest BCUT2D eigenvalue weighted by molar-refractivity contribution is 9.10. The first-order valence-corrected chi connectivity index (χ1v) is 14.7. The van der Waals surface area contributed by atoms with Crippen molar-refractivity contribution in [2.45, 2.75) is 39.9 Å². The fourth-order valence-electron chi connectivity index (χ4n) is 4.68. The number of hydrogen-bond donors (Lipinski definition) is 0. The Labute approximate surface area is 251 Å². The van der Waals surface area contributed by atoms with E-state index >= 15 is 0 Å². The molecule has 0 aliphatic rings. The van der Waals surface area contributed by atoms with Gasteiger partial charge in [-0.2, -0.15) is 0 Å². The molecule has 214 valence electrons. The lowest BCUT2D eigenvalue weighted by molar-refractivity contribution is -0.133. The molecule has 0 spiro atoms. The smallest absolute Gasteiger partial charge is 0.254 e. The van der Waals surface area contributed by atoms with Crippen molar-refractivity contribution in [1.82, 2.24) is 14.4 Å². The molecule has 0 bridgehead atoms. The summed E-state index contributed by atoms with van der Waals surface area (Å²) >= 11 is 3.47. The van der Waals surface area contributed by atoms with Crippen LogP contribution in [0.3, 0.4) is 0 Å². The topological polar surface area (TPSA) is 54.8 Å². The SMILES string of the molecule is COc1cccc(Cn2cccc2CN(Cc2ccccc2)C(=O)CN(CCC(C)C)C(=O)c2cccc(Br)c2)c1. The maximum Gasteiger partial charge on any atom is 0.254 e. The van der Waals surface area contributed by atoms with Gasteiger partial charge in [-0.1, -0.05) is 78.3 Å². The van der Waals surface area contributed by atoms with Crippen LogP contribution in [0.2, 0.25) is 0 Å². The predicted octanol–water partition coefficient (Wildman–Crippen LogP) is 7.02. The number of nitrogens with zero attached hydrogens (tertiary/aromatic N) is 3. The van der Waals surface area contributed by atoms with Gasteiger partial charge in [-0.05, 0) is 65.9 Å². The van der Waals surface area contributed by atoms with Crippen LogP contribution in [0.5, 0.6) is 5.75 Å². The third kappa shape index (κ3) is 8.82. The summed E-state index contributed by atoms with van der Waals surface area (Å²) in [5.41, 5.74) is 3.74. The molecule has 0 saturated heterocycles. The maximum absolute atomic E-state index is 14.0. The summed E-state index contributed by atoms with van der Waals surface area (Å²) in [6.45, 7) is 6.32. The van der Waals surface area contributed by atoms with Gasteiger partial charge in [-0.3, -0.25) is 9.59 Å². The van der Waals surface area contributed by atoms with Crippen LogP contribution in [-0.4, -0.2) is 46.4 Å². The Balaban J connectivity index is 1.57. The summed E-state index contributed by atoms with van der Waals surface area (Å²) in [7, 11) is 1.67. The van der Waals surface area contributed by atoms with Crippen molar-refractivity contribution in [1.29, 1.82) is 0 Å². The van der Waals surface area contributed by atoms with Crippen LogP contribution >= 0.6 is 15.9 Å². The second-order valence-electron chi connectivity index (χ2n) is 10.6. The summed E-state index contributed by atoms with van der Waals surface area (Å²) in [5, 5.41) is 0. The predicted molar refractivity (Wildman–Crippen MR) is 167 cm³/mol. The number of carbonyl (C=O) groups is 2. The molecule has 4 rings (SSSR count). The van der Waals surface area contributed by atoms with Crippen LogP contribution in [0, 0.1) is 5.92 Å². The number of halogens is 1. The van der Waals surface area contributed by atoms with Crippen molar-refractivity contribution in [2.24, 2.45) is 5.92 Å². The largest absolute Gasteiger partial charge is 0.497 e. The number of benzene rings is 3. The minimum Gasteiger partial charge on any atom is -0.497 e. The zero-order valence-electron chi connectivity index (χ0n) is 24.0. The van der Waals surface area contributed by atoms with Crippen molar-refractivity contribution in [3.05, 3.63) is 124 Å². The van der Waals surface area contributed by atoms with Crippen molar-refractivity contribution >= 4 is 27.7 Å². The Morgan fingerprint density at radius 2 is 1.61 bits per heavy atom. The molecule has 1 heterocycles. The third-order valence-corrected chi connectivity index (χ3v) is 7.49. The van der Waals surface area contributed by atoms with Crippen LogP contribution < -0.4 is 4.74 Å². The van der Waals surface area contributed by atoms with Gasteiger partial charge < -0.3 is 19.1 Å². The van der Waals surface area contributed by atoms with Gasteiger partial charge in [0.25, 0.3) is 5.91 Å². The Morgan fingerprint density at radius 1 is 0.854 bits per heavy atom. The molecular weight excluding hydrogens is 578 g/mol. The minimum atomic E-state index is -0.138. The van der Waals surface area contributed by atoms with Crippen molar-refractivity contribution in [3.63, 3.8) is 0 Å². The van der Waals surface area contributed by atoms with Crippen LogP contribution in [-0.2, 0) is 24.4 Å². The number of carbonyl (C=O) groups excluding carboxylic acids is 2.